The lowest BCUT2D eigenvalue weighted by molar-refractivity contribution is 0.0949. The van der Waals surface area contributed by atoms with E-state index in [1.54, 1.807) is 6.21 Å². The first kappa shape index (κ1) is 20.1. The Bertz CT molecular complexity index is 1020. The van der Waals surface area contributed by atoms with Gasteiger partial charge in [0, 0.05) is 11.1 Å². The van der Waals surface area contributed by atoms with Crippen molar-refractivity contribution in [3.05, 3.63) is 77.0 Å². The molecule has 0 atom stereocenters. The van der Waals surface area contributed by atoms with Crippen molar-refractivity contribution in [2.75, 3.05) is 6.61 Å². The van der Waals surface area contributed by atoms with Crippen LogP contribution in [0.3, 0.4) is 0 Å². The second kappa shape index (κ2) is 9.50. The number of aromatic nitrogens is 2. The van der Waals surface area contributed by atoms with E-state index in [0.29, 0.717) is 12.3 Å². The maximum atomic E-state index is 12.5. The molecule has 0 aliphatic rings. The minimum absolute atomic E-state index is 0.337. The number of aromatic amines is 1. The summed E-state index contributed by atoms with van der Waals surface area (Å²) in [6.07, 6.45) is 3.60. The van der Waals surface area contributed by atoms with Crippen LogP contribution < -0.4 is 10.2 Å². The number of benzene rings is 2. The van der Waals surface area contributed by atoms with E-state index >= 15 is 0 Å². The van der Waals surface area contributed by atoms with Gasteiger partial charge in [-0.05, 0) is 56.2 Å². The minimum atomic E-state index is -0.337. The molecule has 3 aromatic rings. The van der Waals surface area contributed by atoms with Gasteiger partial charge in [0.05, 0.1) is 18.5 Å². The highest BCUT2D eigenvalue weighted by atomic mass is 16.5. The third-order valence-electron chi connectivity index (χ3n) is 4.30. The summed E-state index contributed by atoms with van der Waals surface area (Å²) in [5.41, 5.74) is 7.33. The number of allylic oxidation sites excluding steroid dienone is 1. The summed E-state index contributed by atoms with van der Waals surface area (Å²) in [5, 5.41) is 11.1. The number of ether oxygens (including phenoxy) is 1. The van der Waals surface area contributed by atoms with Crippen LogP contribution in [0.25, 0.3) is 17.3 Å². The zero-order valence-electron chi connectivity index (χ0n) is 16.8. The van der Waals surface area contributed by atoms with Crippen LogP contribution in [0.15, 0.2) is 65.3 Å². The molecule has 2 N–H and O–H groups in total. The van der Waals surface area contributed by atoms with Crippen LogP contribution >= 0.6 is 0 Å². The number of rotatable bonds is 7. The number of H-pyrrole nitrogens is 1. The van der Waals surface area contributed by atoms with Crippen LogP contribution in [-0.2, 0) is 0 Å². The van der Waals surface area contributed by atoms with Crippen molar-refractivity contribution in [1.82, 2.24) is 15.6 Å². The van der Waals surface area contributed by atoms with Crippen molar-refractivity contribution in [2.45, 2.75) is 20.8 Å². The number of carbonyl (C=O) groups excluding carboxylic acids is 1. The topological polar surface area (TPSA) is 79.4 Å². The van der Waals surface area contributed by atoms with Gasteiger partial charge in [0.1, 0.15) is 11.4 Å². The van der Waals surface area contributed by atoms with E-state index in [4.69, 9.17) is 4.74 Å². The molecular weight excluding hydrogens is 364 g/mol. The number of amides is 1. The Kier molecular flexibility index (Phi) is 6.58. The molecule has 0 bridgehead atoms. The molecule has 0 unspecified atom stereocenters. The van der Waals surface area contributed by atoms with Gasteiger partial charge in [-0.1, -0.05) is 36.4 Å². The Morgan fingerprint density at radius 1 is 1.17 bits per heavy atom. The van der Waals surface area contributed by atoms with Crippen LogP contribution in [0.4, 0.5) is 0 Å². The summed E-state index contributed by atoms with van der Waals surface area (Å²) in [6.45, 7) is 6.34. The van der Waals surface area contributed by atoms with Gasteiger partial charge in [0.15, 0.2) is 0 Å². The van der Waals surface area contributed by atoms with Crippen LogP contribution in [0.2, 0.25) is 0 Å². The zero-order valence-corrected chi connectivity index (χ0v) is 16.8. The van der Waals surface area contributed by atoms with Crippen molar-refractivity contribution in [3.8, 4) is 17.0 Å². The molecule has 0 aliphatic carbocycles. The van der Waals surface area contributed by atoms with Crippen molar-refractivity contribution in [2.24, 2.45) is 5.10 Å². The molecule has 1 amide bonds. The van der Waals surface area contributed by atoms with E-state index in [0.717, 1.165) is 33.7 Å². The third-order valence-corrected chi connectivity index (χ3v) is 4.30. The van der Waals surface area contributed by atoms with Gasteiger partial charge in [0.25, 0.3) is 5.91 Å². The van der Waals surface area contributed by atoms with E-state index in [2.05, 4.69) is 20.7 Å². The smallest absolute Gasteiger partial charge is 0.289 e. The minimum Gasteiger partial charge on any atom is -0.494 e. The monoisotopic (exact) mass is 388 g/mol. The van der Waals surface area contributed by atoms with Gasteiger partial charge in [-0.3, -0.25) is 9.89 Å². The van der Waals surface area contributed by atoms with E-state index in [9.17, 15) is 4.79 Å². The Labute approximate surface area is 170 Å². The lowest BCUT2D eigenvalue weighted by atomic mass is 10.1. The number of carbonyl (C=O) groups is 1. The maximum absolute atomic E-state index is 12.5. The molecule has 0 aliphatic heterocycles. The van der Waals surface area contributed by atoms with Gasteiger partial charge in [-0.2, -0.15) is 10.2 Å². The standard InChI is InChI=1S/C23H24N4O2/c1-4-29-20-12-10-19(11-13-20)21-17(3)22(26-25-21)23(28)27-24-15-16(2)14-18-8-6-5-7-9-18/h5-15H,4H2,1-3H3,(H,25,26)(H,27,28)/b16-14-,24-15+. The van der Waals surface area contributed by atoms with Crippen LogP contribution in [0.5, 0.6) is 5.75 Å². The van der Waals surface area contributed by atoms with Gasteiger partial charge in [-0.25, -0.2) is 5.43 Å². The Balaban J connectivity index is 1.66. The molecule has 148 valence electrons. The van der Waals surface area contributed by atoms with Crippen LogP contribution in [-0.4, -0.2) is 28.9 Å². The Morgan fingerprint density at radius 2 is 1.90 bits per heavy atom. The molecule has 2 aromatic carbocycles. The van der Waals surface area contributed by atoms with E-state index in [-0.39, 0.29) is 5.91 Å². The number of hydrogen-bond acceptors (Lipinski definition) is 4. The quantitative estimate of drug-likeness (QED) is 0.458. The lowest BCUT2D eigenvalue weighted by Gasteiger charge is -2.04. The molecular formula is C23H24N4O2. The van der Waals surface area contributed by atoms with Gasteiger partial charge < -0.3 is 4.74 Å². The summed E-state index contributed by atoms with van der Waals surface area (Å²) in [5.74, 6) is 0.464. The first-order valence-electron chi connectivity index (χ1n) is 9.43. The van der Waals surface area contributed by atoms with E-state index in [1.165, 1.54) is 0 Å². The highest BCUT2D eigenvalue weighted by Crippen LogP contribution is 2.25. The van der Waals surface area contributed by atoms with Crippen molar-refractivity contribution < 1.29 is 9.53 Å². The molecule has 0 spiro atoms. The highest BCUT2D eigenvalue weighted by Gasteiger charge is 2.16. The average Bonchev–Trinajstić information content (AvgIpc) is 3.11. The zero-order chi connectivity index (χ0) is 20.6. The summed E-state index contributed by atoms with van der Waals surface area (Å²) in [6, 6.07) is 17.5. The first-order valence-corrected chi connectivity index (χ1v) is 9.43. The fourth-order valence-electron chi connectivity index (χ4n) is 2.87. The molecule has 1 heterocycles. The fourth-order valence-corrected chi connectivity index (χ4v) is 2.87. The van der Waals surface area contributed by atoms with E-state index in [1.807, 2.05) is 81.4 Å². The summed E-state index contributed by atoms with van der Waals surface area (Å²) in [4.78, 5) is 12.5. The predicted molar refractivity (Wildman–Crippen MR) is 116 cm³/mol. The SMILES string of the molecule is CCOc1ccc(-c2n[nH]c(C(=O)N/N=C/C(C)=C\c3ccccc3)c2C)cc1. The fraction of sp³-hybridized carbons (Fsp3) is 0.174. The highest BCUT2D eigenvalue weighted by molar-refractivity contribution is 5.96. The Morgan fingerprint density at radius 3 is 2.59 bits per heavy atom. The normalized spacial score (nSPS) is 11.6. The molecule has 0 fully saturated rings. The average molecular weight is 388 g/mol. The number of nitrogens with zero attached hydrogens (tertiary/aromatic N) is 2. The second-order valence-corrected chi connectivity index (χ2v) is 6.53. The molecule has 1 aromatic heterocycles. The Hall–Kier alpha value is -3.67. The molecule has 29 heavy (non-hydrogen) atoms. The summed E-state index contributed by atoms with van der Waals surface area (Å²) >= 11 is 0. The van der Waals surface area contributed by atoms with Crippen molar-refractivity contribution in [3.63, 3.8) is 0 Å². The number of nitrogens with one attached hydrogen (secondary N) is 2. The molecule has 0 saturated heterocycles. The van der Waals surface area contributed by atoms with Gasteiger partial charge in [0.2, 0.25) is 0 Å². The van der Waals surface area contributed by atoms with Crippen molar-refractivity contribution in [1.29, 1.82) is 0 Å². The van der Waals surface area contributed by atoms with Gasteiger partial charge in [-0.15, -0.1) is 0 Å². The second-order valence-electron chi connectivity index (χ2n) is 6.53. The number of hydrazone groups is 1. The third kappa shape index (κ3) is 5.19. The predicted octanol–water partition coefficient (Wildman–Crippen LogP) is 4.60. The number of hydrogen-bond donors (Lipinski definition) is 2. The van der Waals surface area contributed by atoms with Crippen molar-refractivity contribution >= 4 is 18.2 Å². The van der Waals surface area contributed by atoms with Gasteiger partial charge >= 0.3 is 0 Å². The van der Waals surface area contributed by atoms with Crippen LogP contribution in [0, 0.1) is 6.92 Å². The molecule has 0 radical (unpaired) electrons. The summed E-state index contributed by atoms with van der Waals surface area (Å²) in [7, 11) is 0. The largest absolute Gasteiger partial charge is 0.494 e. The first-order chi connectivity index (χ1) is 14.1. The van der Waals surface area contributed by atoms with Crippen LogP contribution in [0.1, 0.15) is 35.5 Å². The molecule has 6 heteroatoms. The molecule has 3 rings (SSSR count). The van der Waals surface area contributed by atoms with E-state index < -0.39 is 0 Å². The maximum Gasteiger partial charge on any atom is 0.289 e. The summed E-state index contributed by atoms with van der Waals surface area (Å²) < 4.78 is 5.46. The molecule has 6 nitrogen and oxygen atoms in total. The molecule has 0 saturated carbocycles. The lowest BCUT2D eigenvalue weighted by Crippen LogP contribution is -2.19.